The average molecular weight is 284 g/mol. The summed E-state index contributed by atoms with van der Waals surface area (Å²) in [7, 11) is 4.19. The van der Waals surface area contributed by atoms with E-state index < -0.39 is 5.60 Å². The Balaban J connectivity index is 2.42. The zero-order chi connectivity index (χ0) is 15.2. The van der Waals surface area contributed by atoms with Gasteiger partial charge >= 0.3 is 0 Å². The van der Waals surface area contributed by atoms with Crippen LogP contribution >= 0.6 is 0 Å². The molecule has 0 saturated heterocycles. The second-order valence-corrected chi connectivity index (χ2v) is 6.60. The monoisotopic (exact) mass is 284 g/mol. The minimum Gasteiger partial charge on any atom is -0.389 e. The van der Waals surface area contributed by atoms with E-state index in [0.717, 1.165) is 32.1 Å². The summed E-state index contributed by atoms with van der Waals surface area (Å²) < 4.78 is 0. The molecule has 0 spiro atoms. The van der Waals surface area contributed by atoms with Crippen molar-refractivity contribution in [2.75, 3.05) is 14.1 Å². The van der Waals surface area contributed by atoms with Gasteiger partial charge in [-0.05, 0) is 46.2 Å². The van der Waals surface area contributed by atoms with Crippen molar-refractivity contribution in [1.29, 1.82) is 0 Å². The number of carbonyl (C=O) groups is 1. The van der Waals surface area contributed by atoms with Crippen LogP contribution in [0.25, 0.3) is 0 Å². The van der Waals surface area contributed by atoms with E-state index in [1.54, 1.807) is 0 Å². The topological polar surface area (TPSA) is 52.6 Å². The van der Waals surface area contributed by atoms with Crippen molar-refractivity contribution < 1.29 is 9.90 Å². The first-order valence-electron chi connectivity index (χ1n) is 8.08. The molecule has 118 valence electrons. The van der Waals surface area contributed by atoms with E-state index in [-0.39, 0.29) is 18.4 Å². The molecule has 1 fully saturated rings. The minimum atomic E-state index is -0.812. The van der Waals surface area contributed by atoms with Gasteiger partial charge in [0.25, 0.3) is 0 Å². The first kappa shape index (κ1) is 17.4. The lowest BCUT2D eigenvalue weighted by Gasteiger charge is -2.27. The van der Waals surface area contributed by atoms with Crippen molar-refractivity contribution in [3.8, 4) is 0 Å². The summed E-state index contributed by atoms with van der Waals surface area (Å²) in [5, 5.41) is 13.6. The van der Waals surface area contributed by atoms with Crippen LogP contribution in [0.3, 0.4) is 0 Å². The molecule has 20 heavy (non-hydrogen) atoms. The van der Waals surface area contributed by atoms with Crippen LogP contribution in [0.4, 0.5) is 0 Å². The minimum absolute atomic E-state index is 0.0128. The highest BCUT2D eigenvalue weighted by Crippen LogP contribution is 2.25. The molecule has 0 aromatic rings. The van der Waals surface area contributed by atoms with Gasteiger partial charge in [-0.3, -0.25) is 4.79 Å². The van der Waals surface area contributed by atoms with Crippen LogP contribution < -0.4 is 5.32 Å². The molecular weight excluding hydrogens is 252 g/mol. The Bertz CT molecular complexity index is 299. The SMILES string of the molecule is CCCC(O)(CCC)CC(=O)NC1CCC(N(C)C)C1. The smallest absolute Gasteiger partial charge is 0.223 e. The van der Waals surface area contributed by atoms with Gasteiger partial charge in [-0.25, -0.2) is 0 Å². The van der Waals surface area contributed by atoms with Crippen molar-refractivity contribution in [3.63, 3.8) is 0 Å². The van der Waals surface area contributed by atoms with Gasteiger partial charge < -0.3 is 15.3 Å². The first-order chi connectivity index (χ1) is 9.40. The summed E-state index contributed by atoms with van der Waals surface area (Å²) in [5.74, 6) is 0.0128. The van der Waals surface area contributed by atoms with E-state index in [0.29, 0.717) is 18.9 Å². The molecule has 1 rings (SSSR count). The van der Waals surface area contributed by atoms with Gasteiger partial charge in [-0.2, -0.15) is 0 Å². The average Bonchev–Trinajstić information content (AvgIpc) is 2.77. The van der Waals surface area contributed by atoms with Gasteiger partial charge in [0.1, 0.15) is 0 Å². The normalized spacial score (nSPS) is 23.3. The molecule has 0 aromatic heterocycles. The lowest BCUT2D eigenvalue weighted by Crippen LogP contribution is -2.41. The van der Waals surface area contributed by atoms with Gasteiger partial charge in [0.2, 0.25) is 5.91 Å². The third-order valence-corrected chi connectivity index (χ3v) is 4.42. The van der Waals surface area contributed by atoms with E-state index in [2.05, 4.69) is 38.2 Å². The van der Waals surface area contributed by atoms with Gasteiger partial charge in [0.15, 0.2) is 0 Å². The molecule has 1 aliphatic rings. The van der Waals surface area contributed by atoms with Crippen molar-refractivity contribution in [2.45, 2.75) is 82.9 Å². The summed E-state index contributed by atoms with van der Waals surface area (Å²) in [4.78, 5) is 14.4. The van der Waals surface area contributed by atoms with E-state index in [1.807, 2.05) is 0 Å². The summed E-state index contributed by atoms with van der Waals surface area (Å²) in [6.07, 6.45) is 6.71. The van der Waals surface area contributed by atoms with Crippen LogP contribution in [0.5, 0.6) is 0 Å². The largest absolute Gasteiger partial charge is 0.389 e. The third kappa shape index (κ3) is 5.41. The third-order valence-electron chi connectivity index (χ3n) is 4.42. The zero-order valence-electron chi connectivity index (χ0n) is 13.6. The summed E-state index contributed by atoms with van der Waals surface area (Å²) in [6, 6.07) is 0.855. The molecule has 0 bridgehead atoms. The van der Waals surface area contributed by atoms with Crippen LogP contribution in [-0.2, 0) is 4.79 Å². The van der Waals surface area contributed by atoms with Crippen LogP contribution in [-0.4, -0.2) is 47.7 Å². The Morgan fingerprint density at radius 1 is 1.25 bits per heavy atom. The van der Waals surface area contributed by atoms with E-state index in [1.165, 1.54) is 0 Å². The van der Waals surface area contributed by atoms with Gasteiger partial charge in [-0.1, -0.05) is 26.7 Å². The number of carbonyl (C=O) groups excluding carboxylic acids is 1. The Kier molecular flexibility index (Phi) is 6.96. The predicted octanol–water partition coefficient (Wildman–Crippen LogP) is 2.31. The Labute approximate surface area is 123 Å². The second-order valence-electron chi connectivity index (χ2n) is 6.60. The summed E-state index contributed by atoms with van der Waals surface area (Å²) in [6.45, 7) is 4.11. The fourth-order valence-electron chi connectivity index (χ4n) is 3.37. The molecule has 1 aliphatic carbocycles. The first-order valence-corrected chi connectivity index (χ1v) is 8.08. The number of nitrogens with one attached hydrogen (secondary N) is 1. The fourth-order valence-corrected chi connectivity index (χ4v) is 3.37. The highest BCUT2D eigenvalue weighted by Gasteiger charge is 2.31. The van der Waals surface area contributed by atoms with Crippen molar-refractivity contribution in [2.24, 2.45) is 0 Å². The molecule has 2 unspecified atom stereocenters. The van der Waals surface area contributed by atoms with Crippen molar-refractivity contribution >= 4 is 5.91 Å². The molecule has 0 radical (unpaired) electrons. The molecule has 0 aliphatic heterocycles. The van der Waals surface area contributed by atoms with E-state index >= 15 is 0 Å². The molecule has 0 aromatic carbocycles. The fraction of sp³-hybridized carbons (Fsp3) is 0.938. The number of amides is 1. The van der Waals surface area contributed by atoms with Gasteiger partial charge in [0, 0.05) is 12.1 Å². The molecule has 2 atom stereocenters. The van der Waals surface area contributed by atoms with E-state index in [9.17, 15) is 9.90 Å². The van der Waals surface area contributed by atoms with Gasteiger partial charge in [0.05, 0.1) is 12.0 Å². The Hall–Kier alpha value is -0.610. The van der Waals surface area contributed by atoms with Crippen LogP contribution in [0.2, 0.25) is 0 Å². The zero-order valence-corrected chi connectivity index (χ0v) is 13.6. The molecule has 1 amide bonds. The van der Waals surface area contributed by atoms with Crippen molar-refractivity contribution in [1.82, 2.24) is 10.2 Å². The van der Waals surface area contributed by atoms with Crippen LogP contribution in [0, 0.1) is 0 Å². The number of rotatable bonds is 8. The Morgan fingerprint density at radius 3 is 2.30 bits per heavy atom. The Morgan fingerprint density at radius 2 is 1.85 bits per heavy atom. The molecule has 4 heteroatoms. The highest BCUT2D eigenvalue weighted by atomic mass is 16.3. The quantitative estimate of drug-likeness (QED) is 0.719. The predicted molar refractivity (Wildman–Crippen MR) is 82.6 cm³/mol. The number of hydrogen-bond acceptors (Lipinski definition) is 3. The summed E-state index contributed by atoms with van der Waals surface area (Å²) >= 11 is 0. The maximum Gasteiger partial charge on any atom is 0.223 e. The molecule has 0 heterocycles. The molecule has 4 nitrogen and oxygen atoms in total. The summed E-state index contributed by atoms with van der Waals surface area (Å²) in [5.41, 5.74) is -0.812. The second kappa shape index (κ2) is 7.99. The highest BCUT2D eigenvalue weighted by molar-refractivity contribution is 5.77. The van der Waals surface area contributed by atoms with Gasteiger partial charge in [-0.15, -0.1) is 0 Å². The van der Waals surface area contributed by atoms with E-state index in [4.69, 9.17) is 0 Å². The number of aliphatic hydroxyl groups is 1. The number of nitrogens with zero attached hydrogens (tertiary/aromatic N) is 1. The maximum atomic E-state index is 12.2. The maximum absolute atomic E-state index is 12.2. The molecule has 2 N–H and O–H groups in total. The van der Waals surface area contributed by atoms with Crippen molar-refractivity contribution in [3.05, 3.63) is 0 Å². The lowest BCUT2D eigenvalue weighted by molar-refractivity contribution is -0.127. The van der Waals surface area contributed by atoms with Crippen LogP contribution in [0.1, 0.15) is 65.2 Å². The molecular formula is C16H32N2O2. The molecule has 1 saturated carbocycles. The standard InChI is InChI=1S/C16H32N2O2/c1-5-9-16(20,10-6-2)12-15(19)17-13-7-8-14(11-13)18(3)4/h13-14,20H,5-12H2,1-4H3,(H,17,19). The number of hydrogen-bond donors (Lipinski definition) is 2. The lowest BCUT2D eigenvalue weighted by atomic mass is 9.89. The van der Waals surface area contributed by atoms with Crippen LogP contribution in [0.15, 0.2) is 0 Å².